The molecule has 1 rings (SSSR count). The molecule has 0 spiro atoms. The van der Waals surface area contributed by atoms with Crippen LogP contribution in [0.3, 0.4) is 0 Å². The molecule has 12 heavy (non-hydrogen) atoms. The maximum absolute atomic E-state index is 10.9. The second-order valence-electron chi connectivity index (χ2n) is 2.96. The third-order valence-corrected chi connectivity index (χ3v) is 1.81. The van der Waals surface area contributed by atoms with E-state index in [4.69, 9.17) is 4.74 Å². The van der Waals surface area contributed by atoms with Crippen molar-refractivity contribution in [2.24, 2.45) is 0 Å². The van der Waals surface area contributed by atoms with Gasteiger partial charge in [-0.1, -0.05) is 0 Å². The van der Waals surface area contributed by atoms with E-state index < -0.39 is 0 Å². The number of ether oxygens (including phenoxy) is 1. The third-order valence-electron chi connectivity index (χ3n) is 1.81. The maximum atomic E-state index is 10.9. The molecule has 4 nitrogen and oxygen atoms in total. The van der Waals surface area contributed by atoms with E-state index in [0.717, 1.165) is 12.8 Å². The van der Waals surface area contributed by atoms with Crippen molar-refractivity contribution in [1.29, 1.82) is 0 Å². The van der Waals surface area contributed by atoms with Gasteiger partial charge in [-0.25, -0.2) is 0 Å². The molecule has 0 saturated carbocycles. The van der Waals surface area contributed by atoms with Gasteiger partial charge in [-0.15, -0.1) is 0 Å². The largest absolute Gasteiger partial charge is 0.464 e. The zero-order valence-corrected chi connectivity index (χ0v) is 7.13. The van der Waals surface area contributed by atoms with Crippen LogP contribution in [0.4, 0.5) is 0 Å². The van der Waals surface area contributed by atoms with E-state index in [-0.39, 0.29) is 17.9 Å². The summed E-state index contributed by atoms with van der Waals surface area (Å²) in [6, 6.07) is 0.0233. The first-order chi connectivity index (χ1) is 5.68. The van der Waals surface area contributed by atoms with Crippen LogP contribution in [0, 0.1) is 0 Å². The summed E-state index contributed by atoms with van der Waals surface area (Å²) in [7, 11) is 0. The fraction of sp³-hybridized carbons (Fsp3) is 0.750. The van der Waals surface area contributed by atoms with Crippen molar-refractivity contribution in [1.82, 2.24) is 5.32 Å². The molecular weight excluding hydrogens is 158 g/mol. The minimum atomic E-state index is -0.296. The Balaban J connectivity index is 2.23. The minimum Gasteiger partial charge on any atom is -0.464 e. The summed E-state index contributed by atoms with van der Waals surface area (Å²) in [5.41, 5.74) is 0. The molecule has 1 heterocycles. The number of rotatable bonds is 2. The normalized spacial score (nSPS) is 23.1. The lowest BCUT2D eigenvalue weighted by atomic mass is 10.1. The maximum Gasteiger partial charge on any atom is 0.302 e. The van der Waals surface area contributed by atoms with Crippen molar-refractivity contribution in [2.75, 3.05) is 6.61 Å². The molecule has 1 fully saturated rings. The fourth-order valence-corrected chi connectivity index (χ4v) is 1.22. The van der Waals surface area contributed by atoms with Gasteiger partial charge < -0.3 is 10.1 Å². The Morgan fingerprint density at radius 3 is 3.08 bits per heavy atom. The molecule has 68 valence electrons. The van der Waals surface area contributed by atoms with E-state index in [1.807, 2.05) is 0 Å². The van der Waals surface area contributed by atoms with Crippen LogP contribution in [0.5, 0.6) is 0 Å². The Labute approximate surface area is 71.3 Å². The van der Waals surface area contributed by atoms with Crippen LogP contribution in [0.1, 0.15) is 26.2 Å². The predicted molar refractivity (Wildman–Crippen MR) is 42.4 cm³/mol. The summed E-state index contributed by atoms with van der Waals surface area (Å²) in [5.74, 6) is -0.242. The van der Waals surface area contributed by atoms with Crippen LogP contribution in [0.2, 0.25) is 0 Å². The SMILES string of the molecule is CC(=O)OCC1CCCC(=O)N1. The minimum absolute atomic E-state index is 0.0233. The second kappa shape index (κ2) is 4.09. The van der Waals surface area contributed by atoms with Crippen molar-refractivity contribution in [3.8, 4) is 0 Å². The molecule has 1 aliphatic rings. The molecule has 0 aliphatic carbocycles. The number of esters is 1. The molecule has 0 bridgehead atoms. The molecule has 0 aromatic carbocycles. The summed E-state index contributed by atoms with van der Waals surface area (Å²) in [5, 5.41) is 2.76. The Kier molecular flexibility index (Phi) is 3.08. The summed E-state index contributed by atoms with van der Waals surface area (Å²) >= 11 is 0. The third kappa shape index (κ3) is 2.90. The molecule has 1 N–H and O–H groups in total. The lowest BCUT2D eigenvalue weighted by Crippen LogP contribution is -2.41. The molecule has 0 aromatic rings. The van der Waals surface area contributed by atoms with E-state index in [1.54, 1.807) is 0 Å². The molecule has 1 aliphatic heterocycles. The van der Waals surface area contributed by atoms with Crippen molar-refractivity contribution >= 4 is 11.9 Å². The van der Waals surface area contributed by atoms with Gasteiger partial charge in [0, 0.05) is 13.3 Å². The van der Waals surface area contributed by atoms with Crippen molar-refractivity contribution in [2.45, 2.75) is 32.2 Å². The zero-order valence-electron chi connectivity index (χ0n) is 7.13. The predicted octanol–water partition coefficient (Wildman–Crippen LogP) is 0.218. The van der Waals surface area contributed by atoms with Crippen LogP contribution in [0.15, 0.2) is 0 Å². The first-order valence-electron chi connectivity index (χ1n) is 4.11. The van der Waals surface area contributed by atoms with Crippen LogP contribution in [-0.2, 0) is 14.3 Å². The fourth-order valence-electron chi connectivity index (χ4n) is 1.22. The highest BCUT2D eigenvalue weighted by Gasteiger charge is 2.18. The monoisotopic (exact) mass is 171 g/mol. The Hall–Kier alpha value is -1.06. The van der Waals surface area contributed by atoms with E-state index >= 15 is 0 Å². The average Bonchev–Trinajstić information content (AvgIpc) is 2.01. The Morgan fingerprint density at radius 2 is 2.50 bits per heavy atom. The van der Waals surface area contributed by atoms with Gasteiger partial charge in [0.25, 0.3) is 0 Å². The smallest absolute Gasteiger partial charge is 0.302 e. The van der Waals surface area contributed by atoms with Gasteiger partial charge in [-0.2, -0.15) is 0 Å². The van der Waals surface area contributed by atoms with Gasteiger partial charge in [0.2, 0.25) is 5.91 Å². The van der Waals surface area contributed by atoms with Crippen LogP contribution >= 0.6 is 0 Å². The first kappa shape index (κ1) is 9.03. The topological polar surface area (TPSA) is 55.4 Å². The quantitative estimate of drug-likeness (QED) is 0.604. The van der Waals surface area contributed by atoms with Gasteiger partial charge in [0.1, 0.15) is 6.61 Å². The summed E-state index contributed by atoms with van der Waals surface area (Å²) in [4.78, 5) is 21.3. The summed E-state index contributed by atoms with van der Waals surface area (Å²) in [6.07, 6.45) is 2.38. The average molecular weight is 171 g/mol. The highest BCUT2D eigenvalue weighted by atomic mass is 16.5. The van der Waals surface area contributed by atoms with E-state index in [1.165, 1.54) is 6.92 Å². The Bertz CT molecular complexity index is 191. The first-order valence-corrected chi connectivity index (χ1v) is 4.11. The number of amides is 1. The number of carbonyl (C=O) groups excluding carboxylic acids is 2. The summed E-state index contributed by atoms with van der Waals surface area (Å²) < 4.78 is 4.78. The number of nitrogens with one attached hydrogen (secondary N) is 1. The number of piperidine rings is 1. The lowest BCUT2D eigenvalue weighted by Gasteiger charge is -2.22. The van der Waals surface area contributed by atoms with Gasteiger partial charge in [0.15, 0.2) is 0 Å². The van der Waals surface area contributed by atoms with Gasteiger partial charge >= 0.3 is 5.97 Å². The van der Waals surface area contributed by atoms with Gasteiger partial charge in [0.05, 0.1) is 6.04 Å². The number of hydrogen-bond acceptors (Lipinski definition) is 3. The van der Waals surface area contributed by atoms with E-state index in [0.29, 0.717) is 13.0 Å². The second-order valence-corrected chi connectivity index (χ2v) is 2.96. The van der Waals surface area contributed by atoms with Gasteiger partial charge in [-0.3, -0.25) is 9.59 Å². The van der Waals surface area contributed by atoms with Crippen LogP contribution in [-0.4, -0.2) is 24.5 Å². The molecule has 1 amide bonds. The molecule has 1 saturated heterocycles. The standard InChI is InChI=1S/C8H13NO3/c1-6(10)12-5-7-3-2-4-8(11)9-7/h7H,2-5H2,1H3,(H,9,11). The van der Waals surface area contributed by atoms with E-state index in [9.17, 15) is 9.59 Å². The Morgan fingerprint density at radius 1 is 1.75 bits per heavy atom. The number of carbonyl (C=O) groups is 2. The molecule has 1 atom stereocenters. The van der Waals surface area contributed by atoms with Crippen LogP contribution < -0.4 is 5.32 Å². The number of hydrogen-bond donors (Lipinski definition) is 1. The van der Waals surface area contributed by atoms with Gasteiger partial charge in [-0.05, 0) is 12.8 Å². The van der Waals surface area contributed by atoms with Crippen molar-refractivity contribution in [3.05, 3.63) is 0 Å². The highest BCUT2D eigenvalue weighted by molar-refractivity contribution is 5.77. The molecular formula is C8H13NO3. The molecule has 4 heteroatoms. The molecule has 0 aromatic heterocycles. The van der Waals surface area contributed by atoms with Crippen molar-refractivity contribution < 1.29 is 14.3 Å². The zero-order chi connectivity index (χ0) is 8.97. The van der Waals surface area contributed by atoms with Crippen LogP contribution in [0.25, 0.3) is 0 Å². The highest BCUT2D eigenvalue weighted by Crippen LogP contribution is 2.08. The molecule has 1 unspecified atom stereocenters. The van der Waals surface area contributed by atoms with Crippen molar-refractivity contribution in [3.63, 3.8) is 0 Å². The summed E-state index contributed by atoms with van der Waals surface area (Å²) in [6.45, 7) is 1.67. The lowest BCUT2D eigenvalue weighted by molar-refractivity contribution is -0.142. The molecule has 0 radical (unpaired) electrons. The van der Waals surface area contributed by atoms with E-state index in [2.05, 4.69) is 5.32 Å².